The van der Waals surface area contributed by atoms with E-state index >= 15 is 0 Å². The van der Waals surface area contributed by atoms with Crippen LogP contribution < -0.4 is 5.73 Å². The second kappa shape index (κ2) is 5.67. The predicted octanol–water partition coefficient (Wildman–Crippen LogP) is 4.23. The van der Waals surface area contributed by atoms with Crippen LogP contribution in [0, 0.1) is 5.82 Å². The Kier molecular flexibility index (Phi) is 3.89. The lowest BCUT2D eigenvalue weighted by Crippen LogP contribution is -2.15. The van der Waals surface area contributed by atoms with Crippen molar-refractivity contribution < 1.29 is 4.39 Å². The molecule has 3 nitrogen and oxygen atoms in total. The third kappa shape index (κ3) is 2.52. The van der Waals surface area contributed by atoms with Crippen molar-refractivity contribution in [3.05, 3.63) is 69.2 Å². The van der Waals surface area contributed by atoms with Gasteiger partial charge in [-0.3, -0.25) is 9.97 Å². The van der Waals surface area contributed by atoms with E-state index in [4.69, 9.17) is 17.3 Å². The van der Waals surface area contributed by atoms with E-state index in [1.54, 1.807) is 24.5 Å². The number of fused-ring (bicyclic) bond motifs is 1. The van der Waals surface area contributed by atoms with Crippen LogP contribution in [0.1, 0.15) is 17.2 Å². The Balaban J connectivity index is 2.17. The molecule has 21 heavy (non-hydrogen) atoms. The zero-order chi connectivity index (χ0) is 15.0. The molecule has 1 aromatic heterocycles. The second-order valence-corrected chi connectivity index (χ2v) is 5.75. The lowest BCUT2D eigenvalue weighted by Gasteiger charge is -2.16. The van der Waals surface area contributed by atoms with Crippen LogP contribution in [0.3, 0.4) is 0 Å². The maximum atomic E-state index is 14.3. The molecule has 1 heterocycles. The first-order chi connectivity index (χ1) is 10.1. The van der Waals surface area contributed by atoms with Gasteiger partial charge >= 0.3 is 0 Å². The molecule has 3 rings (SSSR count). The number of nitrogens with zero attached hydrogens (tertiary/aromatic N) is 2. The quantitative estimate of drug-likeness (QED) is 0.690. The summed E-state index contributed by atoms with van der Waals surface area (Å²) in [7, 11) is 0. The zero-order valence-electron chi connectivity index (χ0n) is 10.7. The first-order valence-corrected chi connectivity index (χ1v) is 7.35. The number of rotatable bonds is 2. The molecule has 6 heteroatoms. The summed E-state index contributed by atoms with van der Waals surface area (Å²) < 4.78 is 14.8. The molecule has 0 amide bonds. The van der Waals surface area contributed by atoms with Gasteiger partial charge in [-0.2, -0.15) is 0 Å². The first kappa shape index (κ1) is 14.4. The van der Waals surface area contributed by atoms with E-state index < -0.39 is 11.9 Å². The Labute approximate surface area is 134 Å². The van der Waals surface area contributed by atoms with Crippen LogP contribution >= 0.6 is 27.5 Å². The number of benzene rings is 2. The van der Waals surface area contributed by atoms with E-state index in [2.05, 4.69) is 25.9 Å². The number of halogens is 3. The molecule has 0 bridgehead atoms. The van der Waals surface area contributed by atoms with E-state index in [0.29, 0.717) is 26.6 Å². The summed E-state index contributed by atoms with van der Waals surface area (Å²) in [5.74, 6) is -0.528. The molecule has 0 aliphatic carbocycles. The van der Waals surface area contributed by atoms with Gasteiger partial charge in [-0.15, -0.1) is 0 Å². The lowest BCUT2D eigenvalue weighted by atomic mass is 9.97. The van der Waals surface area contributed by atoms with E-state index in [1.807, 2.05) is 18.2 Å². The SMILES string of the molecule is NC(c1ccc(Br)c(Cl)c1F)c1cccc2nccnc12. The first-order valence-electron chi connectivity index (χ1n) is 6.18. The molecular formula is C15H10BrClFN3. The van der Waals surface area contributed by atoms with E-state index in [-0.39, 0.29) is 5.02 Å². The Hall–Kier alpha value is -1.56. The molecule has 0 saturated heterocycles. The molecule has 2 aromatic carbocycles. The van der Waals surface area contributed by atoms with Gasteiger partial charge in [0.2, 0.25) is 0 Å². The molecule has 0 aliphatic heterocycles. The summed E-state index contributed by atoms with van der Waals surface area (Å²) in [5, 5.41) is 0.0225. The van der Waals surface area contributed by atoms with Crippen LogP contribution in [0.2, 0.25) is 5.02 Å². The van der Waals surface area contributed by atoms with Crippen molar-refractivity contribution in [2.45, 2.75) is 6.04 Å². The Morgan fingerprint density at radius 2 is 1.86 bits per heavy atom. The number of para-hydroxylation sites is 1. The zero-order valence-corrected chi connectivity index (χ0v) is 13.1. The maximum absolute atomic E-state index is 14.3. The molecule has 0 radical (unpaired) electrons. The molecule has 0 spiro atoms. The van der Waals surface area contributed by atoms with Crippen molar-refractivity contribution in [2.75, 3.05) is 0 Å². The van der Waals surface area contributed by atoms with Gasteiger partial charge in [0, 0.05) is 28.0 Å². The molecule has 1 atom stereocenters. The van der Waals surface area contributed by atoms with Crippen molar-refractivity contribution >= 4 is 38.6 Å². The van der Waals surface area contributed by atoms with Crippen LogP contribution in [0.5, 0.6) is 0 Å². The number of nitrogens with two attached hydrogens (primary N) is 1. The number of hydrogen-bond donors (Lipinski definition) is 1. The average molecular weight is 367 g/mol. The van der Waals surface area contributed by atoms with Gasteiger partial charge in [-0.25, -0.2) is 4.39 Å². The van der Waals surface area contributed by atoms with Gasteiger partial charge in [0.05, 0.1) is 22.1 Å². The summed E-state index contributed by atoms with van der Waals surface area (Å²) in [6.45, 7) is 0. The molecule has 0 saturated carbocycles. The highest BCUT2D eigenvalue weighted by molar-refractivity contribution is 9.10. The third-order valence-electron chi connectivity index (χ3n) is 3.27. The van der Waals surface area contributed by atoms with Gasteiger partial charge < -0.3 is 5.73 Å². The molecule has 0 fully saturated rings. The summed E-state index contributed by atoms with van der Waals surface area (Å²) >= 11 is 9.12. The van der Waals surface area contributed by atoms with Gasteiger partial charge in [0.15, 0.2) is 0 Å². The summed E-state index contributed by atoms with van der Waals surface area (Å²) in [6.07, 6.45) is 3.19. The highest BCUT2D eigenvalue weighted by Gasteiger charge is 2.19. The minimum atomic E-state index is -0.670. The molecule has 0 aliphatic rings. The number of aromatic nitrogens is 2. The van der Waals surface area contributed by atoms with E-state index in [1.165, 1.54) is 0 Å². The summed E-state index contributed by atoms with van der Waals surface area (Å²) in [4.78, 5) is 8.52. The Bertz CT molecular complexity index is 820. The Morgan fingerprint density at radius 1 is 1.10 bits per heavy atom. The van der Waals surface area contributed by atoms with Crippen molar-refractivity contribution in [1.29, 1.82) is 0 Å². The fourth-order valence-electron chi connectivity index (χ4n) is 2.21. The lowest BCUT2D eigenvalue weighted by molar-refractivity contribution is 0.599. The van der Waals surface area contributed by atoms with E-state index in [0.717, 1.165) is 0 Å². The van der Waals surface area contributed by atoms with Crippen molar-refractivity contribution in [3.8, 4) is 0 Å². The maximum Gasteiger partial charge on any atom is 0.148 e. The molecule has 1 unspecified atom stereocenters. The summed E-state index contributed by atoms with van der Waals surface area (Å²) in [5.41, 5.74) is 8.62. The van der Waals surface area contributed by atoms with Gasteiger partial charge in [0.1, 0.15) is 5.82 Å². The molecule has 3 aromatic rings. The van der Waals surface area contributed by atoms with Crippen LogP contribution in [0.4, 0.5) is 4.39 Å². The van der Waals surface area contributed by atoms with Gasteiger partial charge in [-0.1, -0.05) is 29.8 Å². The highest BCUT2D eigenvalue weighted by Crippen LogP contribution is 2.33. The van der Waals surface area contributed by atoms with Crippen LogP contribution in [-0.2, 0) is 0 Å². The second-order valence-electron chi connectivity index (χ2n) is 4.51. The minimum absolute atomic E-state index is 0.0225. The van der Waals surface area contributed by atoms with Crippen LogP contribution in [-0.4, -0.2) is 9.97 Å². The average Bonchev–Trinajstić information content (AvgIpc) is 2.51. The normalized spacial score (nSPS) is 12.6. The predicted molar refractivity (Wildman–Crippen MR) is 84.7 cm³/mol. The van der Waals surface area contributed by atoms with Crippen LogP contribution in [0.25, 0.3) is 11.0 Å². The van der Waals surface area contributed by atoms with Crippen LogP contribution in [0.15, 0.2) is 47.2 Å². The monoisotopic (exact) mass is 365 g/mol. The Morgan fingerprint density at radius 3 is 2.67 bits per heavy atom. The summed E-state index contributed by atoms with van der Waals surface area (Å²) in [6, 6.07) is 8.10. The van der Waals surface area contributed by atoms with Crippen molar-refractivity contribution in [1.82, 2.24) is 9.97 Å². The highest BCUT2D eigenvalue weighted by atomic mass is 79.9. The van der Waals surface area contributed by atoms with E-state index in [9.17, 15) is 4.39 Å². The van der Waals surface area contributed by atoms with Crippen molar-refractivity contribution in [2.24, 2.45) is 5.73 Å². The molecular weight excluding hydrogens is 357 g/mol. The van der Waals surface area contributed by atoms with Gasteiger partial charge in [-0.05, 0) is 28.1 Å². The number of hydrogen-bond acceptors (Lipinski definition) is 3. The molecule has 2 N–H and O–H groups in total. The molecule has 106 valence electrons. The topological polar surface area (TPSA) is 51.8 Å². The standard InChI is InChI=1S/C15H10BrClFN3/c16-10-5-4-8(13(18)12(10)17)14(19)9-2-1-3-11-15(9)21-7-6-20-11/h1-7,14H,19H2. The fraction of sp³-hybridized carbons (Fsp3) is 0.0667. The van der Waals surface area contributed by atoms with Crippen molar-refractivity contribution in [3.63, 3.8) is 0 Å². The fourth-order valence-corrected chi connectivity index (χ4v) is 2.69. The smallest absolute Gasteiger partial charge is 0.148 e. The third-order valence-corrected chi connectivity index (χ3v) is 4.52. The minimum Gasteiger partial charge on any atom is -0.320 e. The largest absolute Gasteiger partial charge is 0.320 e. The van der Waals surface area contributed by atoms with Gasteiger partial charge in [0.25, 0.3) is 0 Å².